The maximum Gasteiger partial charge on any atom is 0.315 e. The quantitative estimate of drug-likeness (QED) is 0.854. The molecule has 1 atom stereocenters. The number of aromatic nitrogens is 5. The van der Waals surface area contributed by atoms with E-state index in [0.717, 1.165) is 48.6 Å². The predicted octanol–water partition coefficient (Wildman–Crippen LogP) is 1.26. The van der Waals surface area contributed by atoms with Crippen molar-refractivity contribution in [3.63, 3.8) is 0 Å². The summed E-state index contributed by atoms with van der Waals surface area (Å²) >= 11 is 0. The van der Waals surface area contributed by atoms with Crippen molar-refractivity contribution in [2.75, 3.05) is 0 Å². The molecular formula is C17H27N7O. The molecule has 2 aromatic heterocycles. The van der Waals surface area contributed by atoms with Gasteiger partial charge in [0.1, 0.15) is 11.6 Å². The van der Waals surface area contributed by atoms with Gasteiger partial charge in [0.15, 0.2) is 0 Å². The van der Waals surface area contributed by atoms with Crippen LogP contribution in [0.15, 0.2) is 0 Å². The average Bonchev–Trinajstić information content (AvgIpc) is 3.10. The molecule has 8 nitrogen and oxygen atoms in total. The van der Waals surface area contributed by atoms with E-state index in [2.05, 4.69) is 39.7 Å². The number of nitrogens with one attached hydrogen (secondary N) is 2. The van der Waals surface area contributed by atoms with Crippen LogP contribution in [0.5, 0.6) is 0 Å². The molecular weight excluding hydrogens is 318 g/mol. The summed E-state index contributed by atoms with van der Waals surface area (Å²) in [5.41, 5.74) is 3.37. The summed E-state index contributed by atoms with van der Waals surface area (Å²) in [5.74, 6) is 1.79. The number of rotatable bonds is 5. The van der Waals surface area contributed by atoms with Crippen molar-refractivity contribution < 1.29 is 4.79 Å². The Morgan fingerprint density at radius 2 is 2.08 bits per heavy atom. The molecule has 2 N–H and O–H groups in total. The van der Waals surface area contributed by atoms with Gasteiger partial charge in [-0.2, -0.15) is 10.2 Å². The molecule has 0 unspecified atom stereocenters. The zero-order valence-corrected chi connectivity index (χ0v) is 15.5. The smallest absolute Gasteiger partial charge is 0.315 e. The highest BCUT2D eigenvalue weighted by Crippen LogP contribution is 2.15. The van der Waals surface area contributed by atoms with Crippen LogP contribution in [0.1, 0.15) is 48.9 Å². The fourth-order valence-corrected chi connectivity index (χ4v) is 3.55. The minimum Gasteiger partial charge on any atom is -0.334 e. The fraction of sp³-hybridized carbons (Fsp3) is 0.647. The van der Waals surface area contributed by atoms with Crippen LogP contribution in [0.3, 0.4) is 0 Å². The van der Waals surface area contributed by atoms with Gasteiger partial charge in [-0.15, -0.1) is 0 Å². The molecule has 8 heteroatoms. The molecule has 1 aliphatic rings. The van der Waals surface area contributed by atoms with E-state index < -0.39 is 0 Å². The van der Waals surface area contributed by atoms with Crippen LogP contribution in [-0.2, 0) is 39.4 Å². The maximum absolute atomic E-state index is 12.3. The molecule has 0 spiro atoms. The highest BCUT2D eigenvalue weighted by atomic mass is 16.2. The Balaban J connectivity index is 1.57. The fourth-order valence-electron chi connectivity index (χ4n) is 3.55. The van der Waals surface area contributed by atoms with E-state index in [9.17, 15) is 4.79 Å². The Labute approximate surface area is 148 Å². The molecule has 3 rings (SSSR count). The summed E-state index contributed by atoms with van der Waals surface area (Å²) in [4.78, 5) is 16.7. The van der Waals surface area contributed by atoms with Crippen molar-refractivity contribution in [3.8, 4) is 0 Å². The number of hydrogen-bond acceptors (Lipinski definition) is 4. The predicted molar refractivity (Wildman–Crippen MR) is 94.2 cm³/mol. The van der Waals surface area contributed by atoms with Crippen LogP contribution in [0.4, 0.5) is 4.79 Å². The number of fused-ring (bicyclic) bond motifs is 1. The minimum atomic E-state index is -0.141. The van der Waals surface area contributed by atoms with Gasteiger partial charge in [0.2, 0.25) is 0 Å². The van der Waals surface area contributed by atoms with Gasteiger partial charge in [0.05, 0.1) is 18.3 Å². The highest BCUT2D eigenvalue weighted by molar-refractivity contribution is 5.74. The Kier molecular flexibility index (Phi) is 5.06. The van der Waals surface area contributed by atoms with Crippen molar-refractivity contribution in [2.24, 2.45) is 7.05 Å². The van der Waals surface area contributed by atoms with Crippen LogP contribution in [-0.4, -0.2) is 36.6 Å². The van der Waals surface area contributed by atoms with Crippen molar-refractivity contribution >= 4 is 6.03 Å². The number of aryl methyl sites for hydroxylation is 4. The van der Waals surface area contributed by atoms with Gasteiger partial charge in [-0.3, -0.25) is 4.68 Å². The first-order chi connectivity index (χ1) is 12.0. The third kappa shape index (κ3) is 3.67. The van der Waals surface area contributed by atoms with E-state index in [0.29, 0.717) is 13.1 Å². The topological polar surface area (TPSA) is 89.7 Å². The molecule has 0 bridgehead atoms. The van der Waals surface area contributed by atoms with Gasteiger partial charge in [-0.25, -0.2) is 14.5 Å². The molecule has 2 aromatic rings. The molecule has 25 heavy (non-hydrogen) atoms. The van der Waals surface area contributed by atoms with Gasteiger partial charge in [-0.05, 0) is 26.2 Å². The molecule has 0 aromatic carbocycles. The third-order valence-electron chi connectivity index (χ3n) is 4.75. The zero-order chi connectivity index (χ0) is 18.0. The van der Waals surface area contributed by atoms with E-state index in [1.165, 1.54) is 5.69 Å². The first-order valence-electron chi connectivity index (χ1n) is 9.00. The summed E-state index contributed by atoms with van der Waals surface area (Å²) < 4.78 is 3.82. The normalized spacial score (nSPS) is 16.6. The SMILES string of the molecule is CCc1nn(C)c(CC)c1CNC(=O)N[C@@H]1CCc2nc(C)nn2C1. The van der Waals surface area contributed by atoms with Crippen molar-refractivity contribution in [1.82, 2.24) is 35.2 Å². The summed E-state index contributed by atoms with van der Waals surface area (Å²) in [6, 6.07) is -0.0583. The van der Waals surface area contributed by atoms with Gasteiger partial charge in [0.25, 0.3) is 0 Å². The Morgan fingerprint density at radius 3 is 2.80 bits per heavy atom. The van der Waals surface area contributed by atoms with E-state index in [4.69, 9.17) is 0 Å². The zero-order valence-electron chi connectivity index (χ0n) is 15.5. The van der Waals surface area contributed by atoms with E-state index in [-0.39, 0.29) is 12.1 Å². The van der Waals surface area contributed by atoms with Crippen LogP contribution < -0.4 is 10.6 Å². The largest absolute Gasteiger partial charge is 0.334 e. The number of amides is 2. The van der Waals surface area contributed by atoms with Crippen molar-refractivity contribution in [3.05, 3.63) is 28.6 Å². The lowest BCUT2D eigenvalue weighted by atomic mass is 10.1. The lowest BCUT2D eigenvalue weighted by Crippen LogP contribution is -2.45. The molecule has 0 saturated carbocycles. The van der Waals surface area contributed by atoms with Crippen molar-refractivity contribution in [1.29, 1.82) is 0 Å². The number of hydrogen-bond donors (Lipinski definition) is 2. The van der Waals surface area contributed by atoms with Crippen LogP contribution in [0.2, 0.25) is 0 Å². The molecule has 0 fully saturated rings. The summed E-state index contributed by atoms with van der Waals surface area (Å²) in [7, 11) is 1.96. The van der Waals surface area contributed by atoms with Gasteiger partial charge in [-0.1, -0.05) is 13.8 Å². The molecule has 1 aliphatic heterocycles. The minimum absolute atomic E-state index is 0.0822. The molecule has 0 radical (unpaired) electrons. The molecule has 0 saturated heterocycles. The van der Waals surface area contributed by atoms with E-state index in [1.807, 2.05) is 23.3 Å². The van der Waals surface area contributed by atoms with E-state index >= 15 is 0 Å². The van der Waals surface area contributed by atoms with Crippen LogP contribution >= 0.6 is 0 Å². The second-order valence-electron chi connectivity index (χ2n) is 6.52. The van der Waals surface area contributed by atoms with Gasteiger partial charge in [0, 0.05) is 31.3 Å². The van der Waals surface area contributed by atoms with Gasteiger partial charge < -0.3 is 10.6 Å². The lowest BCUT2D eigenvalue weighted by Gasteiger charge is -2.23. The second kappa shape index (κ2) is 7.25. The average molecular weight is 345 g/mol. The number of nitrogens with zero attached hydrogens (tertiary/aromatic N) is 5. The molecule has 136 valence electrons. The standard InChI is InChI=1S/C17H27N7O/c1-5-14-13(15(6-2)23(4)22-14)9-18-17(25)20-12-7-8-16-19-11(3)21-24(16)10-12/h12H,5-10H2,1-4H3,(H2,18,20,25)/t12-/m1/s1. The lowest BCUT2D eigenvalue weighted by molar-refractivity contribution is 0.231. The number of carbonyl (C=O) groups excluding carboxylic acids is 1. The van der Waals surface area contributed by atoms with Crippen LogP contribution in [0.25, 0.3) is 0 Å². The first kappa shape index (κ1) is 17.4. The highest BCUT2D eigenvalue weighted by Gasteiger charge is 2.22. The summed E-state index contributed by atoms with van der Waals surface area (Å²) in [6.07, 6.45) is 3.50. The summed E-state index contributed by atoms with van der Waals surface area (Å²) in [6.45, 7) is 7.28. The second-order valence-corrected chi connectivity index (χ2v) is 6.52. The molecule has 2 amide bonds. The molecule has 3 heterocycles. The van der Waals surface area contributed by atoms with Crippen molar-refractivity contribution in [2.45, 2.75) is 65.6 Å². The monoisotopic (exact) mass is 345 g/mol. The Hall–Kier alpha value is -2.38. The first-order valence-corrected chi connectivity index (χ1v) is 9.00. The van der Waals surface area contributed by atoms with Gasteiger partial charge >= 0.3 is 6.03 Å². The number of carbonyl (C=O) groups is 1. The Morgan fingerprint density at radius 1 is 1.28 bits per heavy atom. The summed E-state index contributed by atoms with van der Waals surface area (Å²) in [5, 5.41) is 15.0. The van der Waals surface area contributed by atoms with Crippen LogP contribution in [0, 0.1) is 6.92 Å². The maximum atomic E-state index is 12.3. The van der Waals surface area contributed by atoms with E-state index in [1.54, 1.807) is 0 Å². The number of urea groups is 1. The Bertz CT molecular complexity index is 761. The molecule has 0 aliphatic carbocycles. The third-order valence-corrected chi connectivity index (χ3v) is 4.75.